The number of aryl methyl sites for hydroxylation is 2. The van der Waals surface area contributed by atoms with E-state index >= 15 is 0 Å². The van der Waals surface area contributed by atoms with E-state index in [4.69, 9.17) is 9.84 Å². The number of nitrogens with one attached hydrogen (secondary N) is 1. The van der Waals surface area contributed by atoms with Crippen molar-refractivity contribution in [2.75, 3.05) is 6.54 Å². The van der Waals surface area contributed by atoms with Crippen LogP contribution < -0.4 is 10.1 Å². The van der Waals surface area contributed by atoms with Crippen LogP contribution in [-0.2, 0) is 16.6 Å². The lowest BCUT2D eigenvalue weighted by molar-refractivity contribution is -0.138. The van der Waals surface area contributed by atoms with Crippen LogP contribution in [0.1, 0.15) is 51.5 Å². The lowest BCUT2D eigenvalue weighted by Gasteiger charge is -2.26. The number of carbonyl (C=O) groups is 2. The van der Waals surface area contributed by atoms with Gasteiger partial charge >= 0.3 is 12.1 Å². The summed E-state index contributed by atoms with van der Waals surface area (Å²) < 4.78 is 45.0. The van der Waals surface area contributed by atoms with Crippen molar-refractivity contribution in [1.29, 1.82) is 0 Å². The first-order valence-corrected chi connectivity index (χ1v) is 11.7. The lowest BCUT2D eigenvalue weighted by Crippen LogP contribution is -2.25. The average molecular weight is 506 g/mol. The van der Waals surface area contributed by atoms with Crippen LogP contribution in [0.15, 0.2) is 48.5 Å². The van der Waals surface area contributed by atoms with E-state index < -0.39 is 23.3 Å². The first-order chi connectivity index (χ1) is 16.3. The number of carbonyl (C=O) groups excluding carboxylic acids is 1. The van der Waals surface area contributed by atoms with Gasteiger partial charge in [0.05, 0.1) is 16.9 Å². The molecule has 0 aliphatic heterocycles. The fourth-order valence-electron chi connectivity index (χ4n) is 3.76. The zero-order chi connectivity index (χ0) is 26.0. The highest BCUT2D eigenvalue weighted by Crippen LogP contribution is 2.37. The Morgan fingerprint density at radius 3 is 2.14 bits per heavy atom. The van der Waals surface area contributed by atoms with E-state index in [0.717, 1.165) is 33.7 Å². The molecule has 3 rings (SSSR count). The molecule has 0 spiro atoms. The van der Waals surface area contributed by atoms with E-state index in [-0.39, 0.29) is 18.9 Å². The average Bonchev–Trinajstić information content (AvgIpc) is 3.24. The second kappa shape index (κ2) is 10.1. The monoisotopic (exact) mass is 505 g/mol. The van der Waals surface area contributed by atoms with Gasteiger partial charge in [0, 0.05) is 11.4 Å². The topological polar surface area (TPSA) is 75.6 Å². The number of alkyl halides is 3. The van der Waals surface area contributed by atoms with Crippen LogP contribution in [0.2, 0.25) is 0 Å². The van der Waals surface area contributed by atoms with E-state index in [1.807, 2.05) is 39.8 Å². The molecule has 0 saturated heterocycles. The maximum Gasteiger partial charge on any atom is 0.416 e. The highest BCUT2D eigenvalue weighted by molar-refractivity contribution is 7.14. The number of benzene rings is 2. The van der Waals surface area contributed by atoms with Gasteiger partial charge in [0.15, 0.2) is 0 Å². The number of hydrogen-bond donors (Lipinski definition) is 2. The van der Waals surface area contributed by atoms with Crippen molar-refractivity contribution in [3.8, 4) is 16.9 Å². The molecule has 0 bridgehead atoms. The summed E-state index contributed by atoms with van der Waals surface area (Å²) in [5.41, 5.74) is 1.81. The molecule has 2 aromatic carbocycles. The molecule has 0 unspecified atom stereocenters. The van der Waals surface area contributed by atoms with Gasteiger partial charge in [-0.15, -0.1) is 11.3 Å². The molecular weight excluding hydrogens is 479 g/mol. The molecule has 35 heavy (non-hydrogen) atoms. The molecule has 2 N–H and O–H groups in total. The molecule has 186 valence electrons. The summed E-state index contributed by atoms with van der Waals surface area (Å²) >= 11 is 1.26. The molecule has 0 aliphatic carbocycles. The maximum absolute atomic E-state index is 12.9. The van der Waals surface area contributed by atoms with E-state index in [1.165, 1.54) is 23.5 Å². The minimum atomic E-state index is -4.38. The van der Waals surface area contributed by atoms with Gasteiger partial charge in [0.2, 0.25) is 0 Å². The number of hydrogen-bond acceptors (Lipinski definition) is 4. The Hall–Kier alpha value is -3.33. The van der Waals surface area contributed by atoms with Crippen LogP contribution in [0.5, 0.6) is 5.75 Å². The van der Waals surface area contributed by atoms with Crippen molar-refractivity contribution in [3.05, 3.63) is 75.0 Å². The summed E-state index contributed by atoms with van der Waals surface area (Å²) in [7, 11) is 0. The predicted molar refractivity (Wildman–Crippen MR) is 129 cm³/mol. The third-order valence-electron chi connectivity index (χ3n) is 5.43. The van der Waals surface area contributed by atoms with Crippen molar-refractivity contribution >= 4 is 23.2 Å². The Morgan fingerprint density at radius 1 is 1.00 bits per heavy atom. The molecule has 3 aromatic rings. The Labute approximate surface area is 205 Å². The third kappa shape index (κ3) is 6.42. The summed E-state index contributed by atoms with van der Waals surface area (Å²) in [6.07, 6.45) is -4.54. The van der Waals surface area contributed by atoms with Gasteiger partial charge in [-0.05, 0) is 86.3 Å². The maximum atomic E-state index is 12.9. The predicted octanol–water partition coefficient (Wildman–Crippen LogP) is 6.57. The van der Waals surface area contributed by atoms with Crippen LogP contribution in [0.3, 0.4) is 0 Å². The van der Waals surface area contributed by atoms with E-state index in [1.54, 1.807) is 12.1 Å². The van der Waals surface area contributed by atoms with Crippen molar-refractivity contribution < 1.29 is 32.6 Å². The van der Waals surface area contributed by atoms with E-state index in [9.17, 15) is 22.8 Å². The standard InChI is InChI=1S/C26H26F3NO4S/c1-15-13-19(14-16(2)23(15)17-5-7-18(8-6-17)26(27,28)29)34-25(3,4)21-10-9-20(35-21)24(33)30-12-11-22(31)32/h5-10,13-14H,11-12H2,1-4H3,(H,30,33)(H,31,32). The molecule has 0 fully saturated rings. The van der Waals surface area contributed by atoms with Crippen molar-refractivity contribution in [1.82, 2.24) is 5.32 Å². The molecule has 1 aromatic heterocycles. The van der Waals surface area contributed by atoms with Gasteiger partial charge in [0.1, 0.15) is 11.4 Å². The third-order valence-corrected chi connectivity index (χ3v) is 6.82. The largest absolute Gasteiger partial charge is 0.482 e. The number of ether oxygens (including phenoxy) is 1. The zero-order valence-electron chi connectivity index (χ0n) is 19.7. The van der Waals surface area contributed by atoms with E-state index in [0.29, 0.717) is 16.2 Å². The number of carboxylic acid groups (broad SMARTS) is 1. The van der Waals surface area contributed by atoms with Crippen molar-refractivity contribution in [3.63, 3.8) is 0 Å². The highest BCUT2D eigenvalue weighted by atomic mass is 32.1. The number of amides is 1. The van der Waals surface area contributed by atoms with Crippen molar-refractivity contribution in [2.24, 2.45) is 0 Å². The molecule has 0 atom stereocenters. The Bertz CT molecular complexity index is 1210. The Morgan fingerprint density at radius 2 is 1.60 bits per heavy atom. The second-order valence-electron chi connectivity index (χ2n) is 8.68. The summed E-state index contributed by atoms with van der Waals surface area (Å²) in [4.78, 5) is 24.1. The first-order valence-electron chi connectivity index (χ1n) is 10.9. The minimum absolute atomic E-state index is 0.0468. The fraction of sp³-hybridized carbons (Fsp3) is 0.308. The number of rotatable bonds is 8. The molecule has 1 amide bonds. The van der Waals surface area contributed by atoms with Gasteiger partial charge < -0.3 is 15.2 Å². The highest BCUT2D eigenvalue weighted by Gasteiger charge is 2.30. The zero-order valence-corrected chi connectivity index (χ0v) is 20.6. The molecule has 5 nitrogen and oxygen atoms in total. The Kier molecular flexibility index (Phi) is 7.59. The lowest BCUT2D eigenvalue weighted by atomic mass is 9.94. The smallest absolute Gasteiger partial charge is 0.416 e. The van der Waals surface area contributed by atoms with Crippen LogP contribution in [0.25, 0.3) is 11.1 Å². The van der Waals surface area contributed by atoms with Gasteiger partial charge in [-0.2, -0.15) is 13.2 Å². The quantitative estimate of drug-likeness (QED) is 0.363. The molecule has 0 radical (unpaired) electrons. The SMILES string of the molecule is Cc1cc(OC(C)(C)c2ccc(C(=O)NCCC(=O)O)s2)cc(C)c1-c1ccc(C(F)(F)F)cc1. The number of thiophene rings is 1. The molecular formula is C26H26F3NO4S. The normalized spacial score (nSPS) is 11.9. The number of halogens is 3. The van der Waals surface area contributed by atoms with Crippen LogP contribution in [0, 0.1) is 13.8 Å². The minimum Gasteiger partial charge on any atom is -0.482 e. The van der Waals surface area contributed by atoms with Gasteiger partial charge in [0.25, 0.3) is 5.91 Å². The van der Waals surface area contributed by atoms with Crippen LogP contribution >= 0.6 is 11.3 Å². The van der Waals surface area contributed by atoms with E-state index in [2.05, 4.69) is 5.32 Å². The fourth-order valence-corrected chi connectivity index (χ4v) is 4.72. The Balaban J connectivity index is 1.77. The van der Waals surface area contributed by atoms with Gasteiger partial charge in [-0.25, -0.2) is 0 Å². The summed E-state index contributed by atoms with van der Waals surface area (Å²) in [6, 6.07) is 12.2. The molecule has 1 heterocycles. The summed E-state index contributed by atoms with van der Waals surface area (Å²) in [5.74, 6) is -0.728. The van der Waals surface area contributed by atoms with Gasteiger partial charge in [-0.1, -0.05) is 12.1 Å². The number of carboxylic acids is 1. The van der Waals surface area contributed by atoms with Crippen molar-refractivity contribution in [2.45, 2.75) is 45.9 Å². The molecule has 0 saturated carbocycles. The number of aliphatic carboxylic acids is 1. The second-order valence-corrected chi connectivity index (χ2v) is 9.77. The molecule has 9 heteroatoms. The van der Waals surface area contributed by atoms with Gasteiger partial charge in [-0.3, -0.25) is 9.59 Å². The van der Waals surface area contributed by atoms with Crippen LogP contribution in [-0.4, -0.2) is 23.5 Å². The van der Waals surface area contributed by atoms with Crippen LogP contribution in [0.4, 0.5) is 13.2 Å². The summed E-state index contributed by atoms with van der Waals surface area (Å²) in [5, 5.41) is 11.3. The summed E-state index contributed by atoms with van der Waals surface area (Å²) in [6.45, 7) is 7.55. The first kappa shape index (κ1) is 26.3. The molecule has 0 aliphatic rings.